The molecule has 0 spiro atoms. The summed E-state index contributed by atoms with van der Waals surface area (Å²) in [5.41, 5.74) is -0.208. The molecule has 1 heteroatoms. The van der Waals surface area contributed by atoms with Gasteiger partial charge in [-0.15, -0.1) is 6.58 Å². The molecule has 0 aromatic rings. The summed E-state index contributed by atoms with van der Waals surface area (Å²) in [6.45, 7) is 3.50. The zero-order valence-corrected chi connectivity index (χ0v) is 4.11. The Morgan fingerprint density at radius 1 is 1.71 bits per heavy atom. The molecule has 1 aliphatic rings. The van der Waals surface area contributed by atoms with Crippen molar-refractivity contribution in [2.75, 3.05) is 0 Å². The third-order valence-corrected chi connectivity index (χ3v) is 1.38. The summed E-state index contributed by atoms with van der Waals surface area (Å²) in [6, 6.07) is 0. The van der Waals surface area contributed by atoms with Gasteiger partial charge in [-0.2, -0.15) is 0 Å². The Morgan fingerprint density at radius 2 is 2.29 bits per heavy atom. The molecule has 37 valence electrons. The van der Waals surface area contributed by atoms with Gasteiger partial charge in [-0.25, -0.2) is 0 Å². The molecule has 0 aliphatic heterocycles. The van der Waals surface area contributed by atoms with Crippen LogP contribution in [0.1, 0.15) is 12.8 Å². The minimum absolute atomic E-state index is 0.208. The van der Waals surface area contributed by atoms with Crippen LogP contribution in [0.15, 0.2) is 12.7 Å². The lowest BCUT2D eigenvalue weighted by atomic mass is 10.1. The minimum atomic E-state index is -0.208. The van der Waals surface area contributed by atoms with Gasteiger partial charge in [0.05, 0.1) is 5.41 Å². The van der Waals surface area contributed by atoms with E-state index in [1.54, 1.807) is 6.08 Å². The zero-order valence-electron chi connectivity index (χ0n) is 4.11. The average molecular weight is 95.1 g/mol. The molecular formula is C6H7O. The van der Waals surface area contributed by atoms with Crippen molar-refractivity contribution in [3.8, 4) is 0 Å². The van der Waals surface area contributed by atoms with Crippen molar-refractivity contribution in [2.45, 2.75) is 12.8 Å². The second-order valence-corrected chi connectivity index (χ2v) is 1.96. The zero-order chi connectivity index (χ0) is 5.33. The maximum absolute atomic E-state index is 9.92. The van der Waals surface area contributed by atoms with Crippen LogP contribution in [0.3, 0.4) is 0 Å². The van der Waals surface area contributed by atoms with Crippen molar-refractivity contribution in [2.24, 2.45) is 5.41 Å². The summed E-state index contributed by atoms with van der Waals surface area (Å²) in [7, 11) is 0. The fourth-order valence-electron chi connectivity index (χ4n) is 0.483. The highest BCUT2D eigenvalue weighted by molar-refractivity contribution is 5.67. The van der Waals surface area contributed by atoms with E-state index in [0.29, 0.717) is 0 Å². The van der Waals surface area contributed by atoms with Gasteiger partial charge in [0.2, 0.25) is 6.29 Å². The first-order valence-electron chi connectivity index (χ1n) is 2.36. The van der Waals surface area contributed by atoms with E-state index in [4.69, 9.17) is 0 Å². The topological polar surface area (TPSA) is 17.1 Å². The molecule has 1 nitrogen and oxygen atoms in total. The molecule has 0 atom stereocenters. The molecule has 1 fully saturated rings. The highest BCUT2D eigenvalue weighted by Crippen LogP contribution is 2.44. The van der Waals surface area contributed by atoms with E-state index in [1.807, 2.05) is 6.29 Å². The molecule has 1 rings (SSSR count). The predicted molar refractivity (Wildman–Crippen MR) is 27.6 cm³/mol. The Kier molecular flexibility index (Phi) is 0.775. The number of hydrogen-bond acceptors (Lipinski definition) is 1. The highest BCUT2D eigenvalue weighted by atomic mass is 16.1. The maximum atomic E-state index is 9.92. The van der Waals surface area contributed by atoms with Crippen LogP contribution >= 0.6 is 0 Å². The van der Waals surface area contributed by atoms with Gasteiger partial charge in [0.1, 0.15) is 0 Å². The summed E-state index contributed by atoms with van der Waals surface area (Å²) in [4.78, 5) is 9.92. The molecule has 0 heterocycles. The van der Waals surface area contributed by atoms with E-state index in [9.17, 15) is 4.79 Å². The highest BCUT2D eigenvalue weighted by Gasteiger charge is 2.40. The molecule has 0 bridgehead atoms. The fourth-order valence-corrected chi connectivity index (χ4v) is 0.483. The second-order valence-electron chi connectivity index (χ2n) is 1.96. The summed E-state index contributed by atoms with van der Waals surface area (Å²) in [6.07, 6.45) is 5.53. The van der Waals surface area contributed by atoms with Crippen LogP contribution in [0.4, 0.5) is 0 Å². The van der Waals surface area contributed by atoms with Crippen LogP contribution in [0.2, 0.25) is 0 Å². The first-order valence-corrected chi connectivity index (χ1v) is 2.36. The Bertz CT molecular complexity index is 90.7. The van der Waals surface area contributed by atoms with E-state index >= 15 is 0 Å². The van der Waals surface area contributed by atoms with Crippen LogP contribution < -0.4 is 0 Å². The van der Waals surface area contributed by atoms with Gasteiger partial charge in [-0.3, -0.25) is 4.79 Å². The summed E-state index contributed by atoms with van der Waals surface area (Å²) < 4.78 is 0. The Labute approximate surface area is 43.0 Å². The summed E-state index contributed by atoms with van der Waals surface area (Å²) >= 11 is 0. The molecule has 0 amide bonds. The minimum Gasteiger partial charge on any atom is -0.290 e. The van der Waals surface area contributed by atoms with Crippen molar-refractivity contribution in [1.29, 1.82) is 0 Å². The lowest BCUT2D eigenvalue weighted by Gasteiger charge is -1.87. The van der Waals surface area contributed by atoms with Crippen LogP contribution in [-0.2, 0) is 4.79 Å². The van der Waals surface area contributed by atoms with E-state index in [-0.39, 0.29) is 5.41 Å². The third kappa shape index (κ3) is 0.581. The smallest absolute Gasteiger partial charge is 0.209 e. The largest absolute Gasteiger partial charge is 0.290 e. The number of allylic oxidation sites excluding steroid dienone is 1. The quantitative estimate of drug-likeness (QED) is 0.469. The van der Waals surface area contributed by atoms with Gasteiger partial charge in [-0.05, 0) is 12.8 Å². The fraction of sp³-hybridized carbons (Fsp3) is 0.500. The van der Waals surface area contributed by atoms with Gasteiger partial charge in [0.15, 0.2) is 0 Å². The van der Waals surface area contributed by atoms with Crippen LogP contribution in [0.25, 0.3) is 0 Å². The van der Waals surface area contributed by atoms with Crippen LogP contribution in [0, 0.1) is 5.41 Å². The van der Waals surface area contributed by atoms with Gasteiger partial charge in [-0.1, -0.05) is 6.08 Å². The van der Waals surface area contributed by atoms with E-state index in [1.165, 1.54) is 0 Å². The van der Waals surface area contributed by atoms with E-state index in [0.717, 1.165) is 12.8 Å². The molecule has 1 radical (unpaired) electrons. The normalized spacial score (nSPS) is 23.4. The predicted octanol–water partition coefficient (Wildman–Crippen LogP) is 1.06. The first-order chi connectivity index (χ1) is 3.33. The van der Waals surface area contributed by atoms with Crippen molar-refractivity contribution in [3.63, 3.8) is 0 Å². The lowest BCUT2D eigenvalue weighted by molar-refractivity contribution is 0.536. The summed E-state index contributed by atoms with van der Waals surface area (Å²) in [5, 5.41) is 0. The molecule has 0 aromatic heterocycles. The summed E-state index contributed by atoms with van der Waals surface area (Å²) in [5.74, 6) is 0. The molecule has 1 aliphatic carbocycles. The number of rotatable bonds is 2. The van der Waals surface area contributed by atoms with Crippen molar-refractivity contribution in [1.82, 2.24) is 0 Å². The molecule has 0 aromatic carbocycles. The monoisotopic (exact) mass is 95.0 g/mol. The van der Waals surface area contributed by atoms with E-state index in [2.05, 4.69) is 6.58 Å². The lowest BCUT2D eigenvalue weighted by Crippen LogP contribution is -1.92. The van der Waals surface area contributed by atoms with Gasteiger partial charge in [0.25, 0.3) is 0 Å². The maximum Gasteiger partial charge on any atom is 0.209 e. The SMILES string of the molecule is C=CC1([C]=O)CC1. The Balaban J connectivity index is 2.58. The van der Waals surface area contributed by atoms with Crippen LogP contribution in [-0.4, -0.2) is 6.29 Å². The Hall–Kier alpha value is -0.590. The van der Waals surface area contributed by atoms with Crippen LogP contribution in [0.5, 0.6) is 0 Å². The molecule has 1 saturated carbocycles. The van der Waals surface area contributed by atoms with E-state index < -0.39 is 0 Å². The van der Waals surface area contributed by atoms with Crippen molar-refractivity contribution in [3.05, 3.63) is 12.7 Å². The van der Waals surface area contributed by atoms with Crippen molar-refractivity contribution < 1.29 is 4.79 Å². The third-order valence-electron chi connectivity index (χ3n) is 1.38. The second kappa shape index (κ2) is 1.19. The molecule has 0 saturated heterocycles. The standard InChI is InChI=1S/C6H7O/c1-2-6(5-7)3-4-6/h2H,1,3-4H2. The van der Waals surface area contributed by atoms with Gasteiger partial charge >= 0.3 is 0 Å². The first kappa shape index (κ1) is 4.57. The molecule has 0 N–H and O–H groups in total. The molecule has 7 heavy (non-hydrogen) atoms. The molecular weight excluding hydrogens is 88.1 g/mol. The van der Waals surface area contributed by atoms with Gasteiger partial charge < -0.3 is 0 Å². The average Bonchev–Trinajstić information content (AvgIpc) is 2.46. The number of carbonyl (C=O) groups excluding carboxylic acids is 1. The van der Waals surface area contributed by atoms with Gasteiger partial charge in [0, 0.05) is 0 Å². The Morgan fingerprint density at radius 3 is 2.29 bits per heavy atom. The molecule has 0 unspecified atom stereocenters. The van der Waals surface area contributed by atoms with Crippen molar-refractivity contribution >= 4 is 6.29 Å². The number of hydrogen-bond donors (Lipinski definition) is 0.